The predicted octanol–water partition coefficient (Wildman–Crippen LogP) is 4.58. The highest BCUT2D eigenvalue weighted by molar-refractivity contribution is 4.99. The molecule has 0 saturated heterocycles. The van der Waals surface area contributed by atoms with E-state index in [1.807, 2.05) is 6.08 Å². The Balaban J connectivity index is 3.67. The van der Waals surface area contributed by atoms with Crippen molar-refractivity contribution in [2.24, 2.45) is 11.8 Å². The lowest BCUT2D eigenvalue weighted by Crippen LogP contribution is -1.99. The maximum atomic E-state index is 4.12. The summed E-state index contributed by atoms with van der Waals surface area (Å²) in [7, 11) is 0. The van der Waals surface area contributed by atoms with E-state index in [-0.39, 0.29) is 0 Å². The molecule has 76 valence electrons. The summed E-state index contributed by atoms with van der Waals surface area (Å²) in [4.78, 5) is 0. The van der Waals surface area contributed by atoms with Crippen LogP contribution in [0.1, 0.15) is 46.5 Å². The highest BCUT2D eigenvalue weighted by Crippen LogP contribution is 2.20. The molecule has 0 aliphatic rings. The van der Waals surface area contributed by atoms with Crippen molar-refractivity contribution in [3.8, 4) is 0 Å². The lowest BCUT2D eigenvalue weighted by molar-refractivity contribution is 0.505. The smallest absolute Gasteiger partial charge is 0.0227 e. The first-order valence-electron chi connectivity index (χ1n) is 5.39. The standard InChI is InChI=1S/C13H24/c1-6-8-12(4)10-13(5)9-11(3)7-2/h7,11-12H,2,5-6,8-10H2,1,3-4H3. The SMILES string of the molecule is C=CC(C)CC(=C)CC(C)CCC. The van der Waals surface area contributed by atoms with Crippen LogP contribution in [0.4, 0.5) is 0 Å². The molecule has 0 aliphatic carbocycles. The van der Waals surface area contributed by atoms with Crippen LogP contribution >= 0.6 is 0 Å². The minimum absolute atomic E-state index is 0.585. The minimum atomic E-state index is 0.585. The lowest BCUT2D eigenvalue weighted by Gasteiger charge is -2.14. The second-order valence-corrected chi connectivity index (χ2v) is 4.27. The van der Waals surface area contributed by atoms with Crippen LogP contribution in [-0.4, -0.2) is 0 Å². The zero-order valence-electron chi connectivity index (χ0n) is 9.47. The zero-order chi connectivity index (χ0) is 10.3. The molecule has 0 aromatic rings. The molecule has 2 atom stereocenters. The van der Waals surface area contributed by atoms with E-state index in [1.165, 1.54) is 24.8 Å². The molecule has 0 nitrogen and oxygen atoms in total. The van der Waals surface area contributed by atoms with E-state index in [4.69, 9.17) is 0 Å². The summed E-state index contributed by atoms with van der Waals surface area (Å²) in [6.45, 7) is 14.7. The van der Waals surface area contributed by atoms with Crippen molar-refractivity contribution >= 4 is 0 Å². The van der Waals surface area contributed by atoms with Gasteiger partial charge in [0.15, 0.2) is 0 Å². The predicted molar refractivity (Wildman–Crippen MR) is 61.8 cm³/mol. The van der Waals surface area contributed by atoms with Gasteiger partial charge < -0.3 is 0 Å². The third kappa shape index (κ3) is 6.62. The van der Waals surface area contributed by atoms with E-state index in [2.05, 4.69) is 33.9 Å². The first kappa shape index (κ1) is 12.5. The van der Waals surface area contributed by atoms with Gasteiger partial charge >= 0.3 is 0 Å². The van der Waals surface area contributed by atoms with Crippen molar-refractivity contribution in [1.29, 1.82) is 0 Å². The quantitative estimate of drug-likeness (QED) is 0.503. The maximum Gasteiger partial charge on any atom is -0.0227 e. The van der Waals surface area contributed by atoms with Crippen molar-refractivity contribution in [2.75, 3.05) is 0 Å². The van der Waals surface area contributed by atoms with Gasteiger partial charge in [-0.05, 0) is 24.7 Å². The first-order chi connectivity index (χ1) is 6.10. The Bertz CT molecular complexity index is 155. The van der Waals surface area contributed by atoms with Gasteiger partial charge in [-0.3, -0.25) is 0 Å². The van der Waals surface area contributed by atoms with E-state index >= 15 is 0 Å². The number of rotatable bonds is 7. The molecule has 0 fully saturated rings. The average Bonchev–Trinajstić information content (AvgIpc) is 2.04. The minimum Gasteiger partial charge on any atom is -0.103 e. The molecular weight excluding hydrogens is 156 g/mol. The van der Waals surface area contributed by atoms with Gasteiger partial charge in [0.1, 0.15) is 0 Å². The molecule has 0 aromatic carbocycles. The van der Waals surface area contributed by atoms with E-state index in [0.717, 1.165) is 12.3 Å². The van der Waals surface area contributed by atoms with Gasteiger partial charge in [0.25, 0.3) is 0 Å². The fraction of sp³-hybridized carbons (Fsp3) is 0.692. The van der Waals surface area contributed by atoms with Crippen molar-refractivity contribution in [3.63, 3.8) is 0 Å². The van der Waals surface area contributed by atoms with Crippen molar-refractivity contribution in [2.45, 2.75) is 46.5 Å². The normalized spacial score (nSPS) is 15.0. The highest BCUT2D eigenvalue weighted by Gasteiger charge is 2.05. The Kier molecular flexibility index (Phi) is 6.66. The summed E-state index contributed by atoms with van der Waals surface area (Å²) < 4.78 is 0. The summed E-state index contributed by atoms with van der Waals surface area (Å²) >= 11 is 0. The maximum absolute atomic E-state index is 4.12. The average molecular weight is 180 g/mol. The highest BCUT2D eigenvalue weighted by atomic mass is 14.1. The molecule has 0 spiro atoms. The summed E-state index contributed by atoms with van der Waals surface area (Å²) in [5.41, 5.74) is 1.38. The second-order valence-electron chi connectivity index (χ2n) is 4.27. The Morgan fingerprint density at radius 2 is 1.92 bits per heavy atom. The van der Waals surface area contributed by atoms with Crippen LogP contribution in [0.15, 0.2) is 24.8 Å². The summed E-state index contributed by atoms with van der Waals surface area (Å²) in [5, 5.41) is 0. The monoisotopic (exact) mass is 180 g/mol. The van der Waals surface area contributed by atoms with Crippen molar-refractivity contribution in [3.05, 3.63) is 24.8 Å². The van der Waals surface area contributed by atoms with E-state index in [1.54, 1.807) is 0 Å². The van der Waals surface area contributed by atoms with Crippen LogP contribution in [0.25, 0.3) is 0 Å². The summed E-state index contributed by atoms with van der Waals surface area (Å²) in [6.07, 6.45) is 6.91. The van der Waals surface area contributed by atoms with Gasteiger partial charge in [0.2, 0.25) is 0 Å². The topological polar surface area (TPSA) is 0 Å². The number of allylic oxidation sites excluding steroid dienone is 2. The van der Waals surface area contributed by atoms with Crippen LogP contribution in [0.2, 0.25) is 0 Å². The Morgan fingerprint density at radius 3 is 2.38 bits per heavy atom. The van der Waals surface area contributed by atoms with Crippen LogP contribution in [-0.2, 0) is 0 Å². The number of hydrogen-bond donors (Lipinski definition) is 0. The van der Waals surface area contributed by atoms with Crippen LogP contribution < -0.4 is 0 Å². The number of hydrogen-bond acceptors (Lipinski definition) is 0. The van der Waals surface area contributed by atoms with E-state index in [9.17, 15) is 0 Å². The van der Waals surface area contributed by atoms with Crippen LogP contribution in [0.3, 0.4) is 0 Å². The third-order valence-electron chi connectivity index (χ3n) is 2.43. The van der Waals surface area contributed by atoms with Crippen molar-refractivity contribution < 1.29 is 0 Å². The summed E-state index contributed by atoms with van der Waals surface area (Å²) in [5.74, 6) is 1.39. The van der Waals surface area contributed by atoms with Crippen LogP contribution in [0, 0.1) is 11.8 Å². The Morgan fingerprint density at radius 1 is 1.31 bits per heavy atom. The molecule has 0 rings (SSSR count). The molecule has 13 heavy (non-hydrogen) atoms. The van der Waals surface area contributed by atoms with Gasteiger partial charge in [-0.2, -0.15) is 0 Å². The van der Waals surface area contributed by atoms with E-state index in [0.29, 0.717) is 5.92 Å². The molecule has 0 heteroatoms. The molecule has 0 aromatic heterocycles. The Labute approximate surface area is 83.7 Å². The van der Waals surface area contributed by atoms with Crippen LogP contribution in [0.5, 0.6) is 0 Å². The molecule has 0 saturated carbocycles. The second kappa shape index (κ2) is 6.94. The molecule has 0 heterocycles. The molecule has 0 bridgehead atoms. The van der Waals surface area contributed by atoms with Gasteiger partial charge in [-0.25, -0.2) is 0 Å². The lowest BCUT2D eigenvalue weighted by atomic mass is 9.92. The van der Waals surface area contributed by atoms with Gasteiger partial charge in [0, 0.05) is 0 Å². The van der Waals surface area contributed by atoms with Gasteiger partial charge in [-0.1, -0.05) is 51.8 Å². The molecule has 0 amide bonds. The van der Waals surface area contributed by atoms with E-state index < -0.39 is 0 Å². The molecular formula is C13H24. The molecule has 2 unspecified atom stereocenters. The van der Waals surface area contributed by atoms with Gasteiger partial charge in [-0.15, -0.1) is 6.58 Å². The first-order valence-corrected chi connectivity index (χ1v) is 5.39. The summed E-state index contributed by atoms with van der Waals surface area (Å²) in [6, 6.07) is 0. The third-order valence-corrected chi connectivity index (χ3v) is 2.43. The molecule has 0 aliphatic heterocycles. The van der Waals surface area contributed by atoms with Gasteiger partial charge in [0.05, 0.1) is 0 Å². The fourth-order valence-electron chi connectivity index (χ4n) is 1.71. The molecule has 0 N–H and O–H groups in total. The molecule has 0 radical (unpaired) electrons. The zero-order valence-corrected chi connectivity index (χ0v) is 9.47. The Hall–Kier alpha value is -0.520. The fourth-order valence-corrected chi connectivity index (χ4v) is 1.71. The van der Waals surface area contributed by atoms with Crippen molar-refractivity contribution in [1.82, 2.24) is 0 Å². The largest absolute Gasteiger partial charge is 0.103 e.